The van der Waals surface area contributed by atoms with Gasteiger partial charge in [0.05, 0.1) is 13.2 Å². The van der Waals surface area contributed by atoms with Gasteiger partial charge in [-0.15, -0.1) is 20.4 Å². The van der Waals surface area contributed by atoms with E-state index in [2.05, 4.69) is 30.4 Å². The topological polar surface area (TPSA) is 81.3 Å². The summed E-state index contributed by atoms with van der Waals surface area (Å²) in [6.07, 6.45) is -4.62. The molecule has 1 aliphatic rings. The first kappa shape index (κ1) is 16.5. The zero-order valence-electron chi connectivity index (χ0n) is 12.5. The van der Waals surface area contributed by atoms with E-state index in [0.29, 0.717) is 27.1 Å². The molecule has 4 rings (SSSR count). The molecule has 1 aliphatic heterocycles. The van der Waals surface area contributed by atoms with E-state index in [0.717, 1.165) is 30.0 Å². The maximum Gasteiger partial charge on any atom is 0.453 e. The van der Waals surface area contributed by atoms with Crippen LogP contribution in [0.1, 0.15) is 5.82 Å². The van der Waals surface area contributed by atoms with Gasteiger partial charge in [0.15, 0.2) is 9.99 Å². The Kier molecular flexibility index (Phi) is 4.21. The van der Waals surface area contributed by atoms with Gasteiger partial charge in [-0.25, -0.2) is 0 Å². The molecule has 13 heteroatoms. The Morgan fingerprint density at radius 3 is 2.64 bits per heavy atom. The molecule has 1 saturated heterocycles. The fraction of sp³-hybridized carbons (Fsp3) is 0.417. The van der Waals surface area contributed by atoms with Crippen molar-refractivity contribution in [3.63, 3.8) is 0 Å². The van der Waals surface area contributed by atoms with Gasteiger partial charge in [-0.2, -0.15) is 22.8 Å². The molecule has 8 nitrogen and oxygen atoms in total. The molecule has 0 saturated carbocycles. The second-order valence-electron chi connectivity index (χ2n) is 5.01. The van der Waals surface area contributed by atoms with Crippen LogP contribution in [0.3, 0.4) is 0 Å². The molecule has 0 aliphatic carbocycles. The van der Waals surface area contributed by atoms with Crippen LogP contribution >= 0.6 is 23.1 Å². The second kappa shape index (κ2) is 6.38. The maximum absolute atomic E-state index is 12.9. The van der Waals surface area contributed by atoms with E-state index < -0.39 is 12.0 Å². The minimum absolute atomic E-state index is 0.0305. The molecule has 0 amide bonds. The number of nitrogens with zero attached hydrogens (tertiary/aromatic N) is 7. The number of halogens is 3. The minimum atomic E-state index is -4.62. The molecule has 0 aromatic carbocycles. The predicted molar refractivity (Wildman–Crippen MR) is 82.8 cm³/mol. The minimum Gasteiger partial charge on any atom is -0.378 e. The molecule has 3 aromatic heterocycles. The average Bonchev–Trinajstić information content (AvgIpc) is 3.22. The number of alkyl halides is 3. The van der Waals surface area contributed by atoms with Crippen molar-refractivity contribution < 1.29 is 17.9 Å². The third kappa shape index (κ3) is 3.39. The van der Waals surface area contributed by atoms with Crippen molar-refractivity contribution in [3.05, 3.63) is 18.0 Å². The number of hydrogen-bond donors (Lipinski definition) is 0. The number of rotatable bonds is 3. The van der Waals surface area contributed by atoms with Crippen LogP contribution in [0.15, 0.2) is 21.5 Å². The van der Waals surface area contributed by atoms with Crippen LogP contribution in [-0.2, 0) is 10.9 Å². The van der Waals surface area contributed by atoms with Crippen molar-refractivity contribution in [2.45, 2.75) is 15.5 Å². The van der Waals surface area contributed by atoms with Gasteiger partial charge >= 0.3 is 6.18 Å². The van der Waals surface area contributed by atoms with Gasteiger partial charge in [-0.3, -0.25) is 0 Å². The average molecular weight is 389 g/mol. The number of fused-ring (bicyclic) bond motifs is 1. The Bertz CT molecular complexity index is 890. The smallest absolute Gasteiger partial charge is 0.378 e. The van der Waals surface area contributed by atoms with Crippen LogP contribution in [0.2, 0.25) is 0 Å². The second-order valence-corrected chi connectivity index (χ2v) is 7.24. The third-order valence-corrected chi connectivity index (χ3v) is 5.32. The van der Waals surface area contributed by atoms with Crippen LogP contribution in [-0.4, -0.2) is 56.3 Å². The summed E-state index contributed by atoms with van der Waals surface area (Å²) in [7, 11) is 0. The summed E-state index contributed by atoms with van der Waals surface area (Å²) in [4.78, 5) is 2.06. The zero-order valence-corrected chi connectivity index (χ0v) is 14.1. The van der Waals surface area contributed by atoms with E-state index in [9.17, 15) is 13.2 Å². The van der Waals surface area contributed by atoms with Gasteiger partial charge in [0.2, 0.25) is 5.13 Å². The molecule has 0 atom stereocenters. The Labute approximate surface area is 147 Å². The molecule has 25 heavy (non-hydrogen) atoms. The van der Waals surface area contributed by atoms with Crippen molar-refractivity contribution in [1.29, 1.82) is 0 Å². The molecule has 0 radical (unpaired) electrons. The van der Waals surface area contributed by atoms with Gasteiger partial charge in [-0.05, 0) is 23.9 Å². The Morgan fingerprint density at radius 2 is 1.88 bits per heavy atom. The number of morpholine rings is 1. The Morgan fingerprint density at radius 1 is 1.08 bits per heavy atom. The lowest BCUT2D eigenvalue weighted by molar-refractivity contribution is -0.146. The lowest BCUT2D eigenvalue weighted by atomic mass is 10.5. The van der Waals surface area contributed by atoms with Crippen molar-refractivity contribution in [2.24, 2.45) is 0 Å². The summed E-state index contributed by atoms with van der Waals surface area (Å²) >= 11 is 2.50. The third-order valence-electron chi connectivity index (χ3n) is 3.36. The fourth-order valence-corrected chi connectivity index (χ4v) is 4.02. The molecule has 0 N–H and O–H groups in total. The standard InChI is InChI=1S/C12H10F3N7OS2/c13-12(14,15)9-17-16-7-1-2-8(20-22(7)9)24-11-19-18-10(25-11)21-3-5-23-6-4-21/h1-2H,3-6H2. The van der Waals surface area contributed by atoms with Crippen LogP contribution in [0, 0.1) is 0 Å². The van der Waals surface area contributed by atoms with Gasteiger partial charge in [-0.1, -0.05) is 11.3 Å². The normalized spacial score (nSPS) is 15.9. The molecular weight excluding hydrogens is 379 g/mol. The van der Waals surface area contributed by atoms with Crippen LogP contribution < -0.4 is 4.90 Å². The first-order chi connectivity index (χ1) is 12.0. The number of hydrogen-bond acceptors (Lipinski definition) is 9. The summed E-state index contributed by atoms with van der Waals surface area (Å²) in [6.45, 7) is 2.74. The molecule has 1 fully saturated rings. The number of aromatic nitrogens is 6. The first-order valence-corrected chi connectivity index (χ1v) is 8.78. The monoisotopic (exact) mass is 389 g/mol. The van der Waals surface area contributed by atoms with Crippen molar-refractivity contribution in [3.8, 4) is 0 Å². The highest BCUT2D eigenvalue weighted by Gasteiger charge is 2.37. The number of ether oxygens (including phenoxy) is 1. The van der Waals surface area contributed by atoms with E-state index in [4.69, 9.17) is 4.74 Å². The summed E-state index contributed by atoms with van der Waals surface area (Å²) in [5.74, 6) is -1.16. The van der Waals surface area contributed by atoms with Gasteiger partial charge in [0, 0.05) is 13.1 Å². The molecule has 4 heterocycles. The van der Waals surface area contributed by atoms with Gasteiger partial charge in [0.1, 0.15) is 5.03 Å². The summed E-state index contributed by atoms with van der Waals surface area (Å²) in [5, 5.41) is 19.9. The van der Waals surface area contributed by atoms with Crippen molar-refractivity contribution >= 4 is 33.9 Å². The molecular formula is C12H10F3N7OS2. The number of anilines is 1. The van der Waals surface area contributed by atoms with Crippen molar-refractivity contribution in [1.82, 2.24) is 30.0 Å². The molecule has 0 spiro atoms. The molecule has 132 valence electrons. The van der Waals surface area contributed by atoms with Crippen molar-refractivity contribution in [2.75, 3.05) is 31.2 Å². The van der Waals surface area contributed by atoms with Gasteiger partial charge < -0.3 is 9.64 Å². The Balaban J connectivity index is 1.57. The predicted octanol–water partition coefficient (Wildman–Crippen LogP) is 1.98. The van der Waals surface area contributed by atoms with E-state index in [1.54, 1.807) is 6.07 Å². The first-order valence-electron chi connectivity index (χ1n) is 7.14. The lowest BCUT2D eigenvalue weighted by Gasteiger charge is -2.25. The zero-order chi connectivity index (χ0) is 17.4. The highest BCUT2D eigenvalue weighted by molar-refractivity contribution is 8.01. The van der Waals surface area contributed by atoms with E-state index in [1.165, 1.54) is 17.4 Å². The van der Waals surface area contributed by atoms with E-state index in [-0.39, 0.29) is 5.65 Å². The summed E-state index contributed by atoms with van der Waals surface area (Å²) < 4.78 is 45.3. The molecule has 0 bridgehead atoms. The quantitative estimate of drug-likeness (QED) is 0.673. The molecule has 0 unspecified atom stereocenters. The maximum atomic E-state index is 12.9. The van der Waals surface area contributed by atoms with E-state index in [1.807, 2.05) is 0 Å². The van der Waals surface area contributed by atoms with Crippen LogP contribution in [0.25, 0.3) is 5.65 Å². The highest BCUT2D eigenvalue weighted by atomic mass is 32.2. The van der Waals surface area contributed by atoms with Crippen LogP contribution in [0.5, 0.6) is 0 Å². The summed E-state index contributed by atoms with van der Waals surface area (Å²) in [5.41, 5.74) is 0.0305. The highest BCUT2D eigenvalue weighted by Crippen LogP contribution is 2.33. The van der Waals surface area contributed by atoms with Crippen LogP contribution in [0.4, 0.5) is 18.3 Å². The largest absolute Gasteiger partial charge is 0.453 e. The SMILES string of the molecule is FC(F)(F)c1nnc2ccc(Sc3nnc(N4CCOCC4)s3)nn12. The lowest BCUT2D eigenvalue weighted by Crippen LogP contribution is -2.36. The molecule has 3 aromatic rings. The Hall–Kier alpha value is -1.99. The fourth-order valence-electron chi connectivity index (χ4n) is 2.22. The van der Waals surface area contributed by atoms with Gasteiger partial charge in [0.25, 0.3) is 5.82 Å². The summed E-state index contributed by atoms with van der Waals surface area (Å²) in [6, 6.07) is 3.01. The van der Waals surface area contributed by atoms with E-state index >= 15 is 0 Å².